The van der Waals surface area contributed by atoms with E-state index in [0.717, 1.165) is 15.7 Å². The van der Waals surface area contributed by atoms with Crippen molar-refractivity contribution >= 4 is 57.1 Å². The number of nitrogens with zero attached hydrogens (tertiary/aromatic N) is 2. The van der Waals surface area contributed by atoms with Crippen LogP contribution in [-0.4, -0.2) is 22.2 Å². The maximum atomic E-state index is 12.3. The van der Waals surface area contributed by atoms with Gasteiger partial charge in [-0.1, -0.05) is 40.8 Å². The van der Waals surface area contributed by atoms with Gasteiger partial charge in [0.1, 0.15) is 5.75 Å². The molecule has 0 aliphatic heterocycles. The van der Waals surface area contributed by atoms with Crippen LogP contribution in [0.2, 0.25) is 5.02 Å². The van der Waals surface area contributed by atoms with Gasteiger partial charge in [-0.3, -0.25) is 10.1 Å². The number of benzene rings is 1. The average molecular weight is 426 g/mol. The second-order valence-electron chi connectivity index (χ2n) is 5.40. The molecular weight excluding hydrogens is 410 g/mol. The number of aromatic nitrogens is 2. The van der Waals surface area contributed by atoms with Crippen molar-refractivity contribution in [1.82, 2.24) is 10.2 Å². The van der Waals surface area contributed by atoms with Crippen molar-refractivity contribution in [3.05, 3.63) is 51.2 Å². The molecule has 5 nitrogen and oxygen atoms in total. The third-order valence-corrected chi connectivity index (χ3v) is 6.68. The van der Waals surface area contributed by atoms with Crippen LogP contribution < -0.4 is 10.1 Å². The summed E-state index contributed by atoms with van der Waals surface area (Å²) in [4.78, 5) is 13.6. The fraction of sp³-hybridized carbons (Fsp3) is 0.235. The summed E-state index contributed by atoms with van der Waals surface area (Å²) in [6.07, 6.45) is -0.666. The van der Waals surface area contributed by atoms with Gasteiger partial charge < -0.3 is 4.74 Å². The second kappa shape index (κ2) is 8.85. The lowest BCUT2D eigenvalue weighted by Crippen LogP contribution is -2.30. The minimum atomic E-state index is -0.666. The summed E-state index contributed by atoms with van der Waals surface area (Å²) in [5.41, 5.74) is 0.875. The van der Waals surface area contributed by atoms with Crippen molar-refractivity contribution in [2.24, 2.45) is 0 Å². The van der Waals surface area contributed by atoms with Crippen LogP contribution in [0.5, 0.6) is 5.75 Å². The van der Waals surface area contributed by atoms with E-state index < -0.39 is 6.10 Å². The summed E-state index contributed by atoms with van der Waals surface area (Å²) < 4.78 is 6.53. The maximum Gasteiger partial charge on any atom is 0.266 e. The normalized spacial score (nSPS) is 12.0. The molecule has 0 aliphatic rings. The lowest BCUT2D eigenvalue weighted by molar-refractivity contribution is -0.122. The zero-order valence-corrected chi connectivity index (χ0v) is 17.3. The van der Waals surface area contributed by atoms with Crippen LogP contribution in [0.1, 0.15) is 17.4 Å². The van der Waals surface area contributed by atoms with Crippen LogP contribution in [0, 0.1) is 6.92 Å². The number of aryl methyl sites for hydroxylation is 1. The molecule has 26 heavy (non-hydrogen) atoms. The van der Waals surface area contributed by atoms with Crippen LogP contribution in [-0.2, 0) is 10.5 Å². The average Bonchev–Trinajstić information content (AvgIpc) is 3.27. The van der Waals surface area contributed by atoms with Gasteiger partial charge in [0.05, 0.1) is 0 Å². The van der Waals surface area contributed by atoms with E-state index in [9.17, 15) is 4.79 Å². The molecule has 0 radical (unpaired) electrons. The van der Waals surface area contributed by atoms with Crippen molar-refractivity contribution < 1.29 is 9.53 Å². The van der Waals surface area contributed by atoms with Crippen molar-refractivity contribution in [2.75, 3.05) is 5.32 Å². The molecule has 0 spiro atoms. The quantitative estimate of drug-likeness (QED) is 0.413. The second-order valence-corrected chi connectivity index (χ2v) is 9.07. The molecule has 3 aromatic rings. The highest BCUT2D eigenvalue weighted by molar-refractivity contribution is 8.00. The molecule has 0 fully saturated rings. The van der Waals surface area contributed by atoms with Crippen molar-refractivity contribution in [3.8, 4) is 5.75 Å². The molecule has 1 aromatic carbocycles. The molecule has 0 saturated heterocycles. The van der Waals surface area contributed by atoms with Crippen LogP contribution in [0.15, 0.2) is 40.1 Å². The number of thiophene rings is 1. The minimum Gasteiger partial charge on any atom is -0.481 e. The van der Waals surface area contributed by atoms with E-state index >= 15 is 0 Å². The highest BCUT2D eigenvalue weighted by Gasteiger charge is 2.18. The molecule has 136 valence electrons. The van der Waals surface area contributed by atoms with Crippen LogP contribution in [0.3, 0.4) is 0 Å². The Morgan fingerprint density at radius 3 is 2.96 bits per heavy atom. The highest BCUT2D eigenvalue weighted by Crippen LogP contribution is 2.29. The third-order valence-electron chi connectivity index (χ3n) is 3.36. The lowest BCUT2D eigenvalue weighted by atomic mass is 10.2. The standard InChI is InChI=1S/C17H16ClN3O2S3/c1-10-8-12(18)5-6-14(10)23-11(2)15(22)19-16-20-21-17(26-16)25-9-13-4-3-7-24-13/h3-8,11H,9H2,1-2H3,(H,19,20,22). The number of thioether (sulfide) groups is 1. The summed E-state index contributed by atoms with van der Waals surface area (Å²) in [6, 6.07) is 9.39. The smallest absolute Gasteiger partial charge is 0.266 e. The van der Waals surface area contributed by atoms with E-state index in [2.05, 4.69) is 21.6 Å². The number of hydrogen-bond donors (Lipinski definition) is 1. The van der Waals surface area contributed by atoms with Gasteiger partial charge in [0.15, 0.2) is 10.4 Å². The number of halogens is 1. The first-order chi connectivity index (χ1) is 12.5. The molecule has 1 unspecified atom stereocenters. The fourth-order valence-electron chi connectivity index (χ4n) is 2.04. The molecule has 2 aromatic heterocycles. The Morgan fingerprint density at radius 2 is 2.23 bits per heavy atom. The van der Waals surface area contributed by atoms with Crippen molar-refractivity contribution in [2.45, 2.75) is 30.0 Å². The SMILES string of the molecule is Cc1cc(Cl)ccc1OC(C)C(=O)Nc1nnc(SCc2cccs2)s1. The lowest BCUT2D eigenvalue weighted by Gasteiger charge is -2.15. The summed E-state index contributed by atoms with van der Waals surface area (Å²) in [7, 11) is 0. The number of amides is 1. The molecule has 1 amide bonds. The first-order valence-corrected chi connectivity index (χ1v) is 10.8. The van der Waals surface area contributed by atoms with Gasteiger partial charge in [0, 0.05) is 15.7 Å². The van der Waals surface area contributed by atoms with Crippen LogP contribution in [0.25, 0.3) is 0 Å². The number of nitrogens with one attached hydrogen (secondary N) is 1. The summed E-state index contributed by atoms with van der Waals surface area (Å²) in [5, 5.41) is 14.0. The van der Waals surface area contributed by atoms with Gasteiger partial charge >= 0.3 is 0 Å². The Hall–Kier alpha value is -1.61. The Kier molecular flexibility index (Phi) is 6.53. The van der Waals surface area contributed by atoms with E-state index in [4.69, 9.17) is 16.3 Å². The first-order valence-electron chi connectivity index (χ1n) is 7.73. The minimum absolute atomic E-state index is 0.273. The first kappa shape index (κ1) is 19.2. The van der Waals surface area contributed by atoms with Crippen LogP contribution in [0.4, 0.5) is 5.13 Å². The van der Waals surface area contributed by atoms with Gasteiger partial charge in [-0.15, -0.1) is 21.5 Å². The summed E-state index contributed by atoms with van der Waals surface area (Å²) in [6.45, 7) is 3.57. The summed E-state index contributed by atoms with van der Waals surface area (Å²) >= 11 is 10.6. The Morgan fingerprint density at radius 1 is 1.38 bits per heavy atom. The molecule has 1 atom stereocenters. The number of carbonyl (C=O) groups is 1. The van der Waals surface area contributed by atoms with Gasteiger partial charge in [-0.2, -0.15) is 0 Å². The molecule has 1 N–H and O–H groups in total. The predicted octanol–water partition coefficient (Wildman–Crippen LogP) is 5.26. The monoisotopic (exact) mass is 425 g/mol. The van der Waals surface area contributed by atoms with E-state index in [1.807, 2.05) is 18.4 Å². The molecule has 3 rings (SSSR count). The Balaban J connectivity index is 1.53. The third kappa shape index (κ3) is 5.20. The zero-order valence-electron chi connectivity index (χ0n) is 14.1. The van der Waals surface area contributed by atoms with E-state index in [1.165, 1.54) is 16.2 Å². The number of carbonyl (C=O) groups excluding carboxylic acids is 1. The van der Waals surface area contributed by atoms with Gasteiger partial charge in [0.2, 0.25) is 5.13 Å². The van der Waals surface area contributed by atoms with Crippen LogP contribution >= 0.6 is 46.0 Å². The number of anilines is 1. The Bertz CT molecular complexity index is 883. The summed E-state index contributed by atoms with van der Waals surface area (Å²) in [5.74, 6) is 1.20. The largest absolute Gasteiger partial charge is 0.481 e. The fourth-order valence-corrected chi connectivity index (χ4v) is 4.80. The topological polar surface area (TPSA) is 64.1 Å². The number of ether oxygens (including phenoxy) is 1. The molecule has 9 heteroatoms. The van der Waals surface area contributed by atoms with E-state index in [-0.39, 0.29) is 5.91 Å². The Labute approximate surface area is 168 Å². The zero-order chi connectivity index (χ0) is 18.5. The molecule has 0 aliphatic carbocycles. The van der Waals surface area contributed by atoms with Crippen molar-refractivity contribution in [3.63, 3.8) is 0 Å². The number of hydrogen-bond acceptors (Lipinski definition) is 7. The predicted molar refractivity (Wildman–Crippen MR) is 109 cm³/mol. The number of rotatable bonds is 7. The van der Waals surface area contributed by atoms with E-state index in [1.54, 1.807) is 48.2 Å². The molecule has 0 saturated carbocycles. The highest BCUT2D eigenvalue weighted by atomic mass is 35.5. The van der Waals surface area contributed by atoms with Gasteiger partial charge in [-0.05, 0) is 49.1 Å². The maximum absolute atomic E-state index is 12.3. The van der Waals surface area contributed by atoms with Crippen molar-refractivity contribution in [1.29, 1.82) is 0 Å². The van der Waals surface area contributed by atoms with Gasteiger partial charge in [-0.25, -0.2) is 0 Å². The van der Waals surface area contributed by atoms with Gasteiger partial charge in [0.25, 0.3) is 5.91 Å². The molecular formula is C17H16ClN3O2S3. The molecule has 0 bridgehead atoms. The molecule has 2 heterocycles. The van der Waals surface area contributed by atoms with E-state index in [0.29, 0.717) is 15.9 Å².